The molecule has 2 atom stereocenters. The van der Waals surface area contributed by atoms with Crippen molar-refractivity contribution in [3.8, 4) is 0 Å². The fourth-order valence-electron chi connectivity index (χ4n) is 3.04. The molecule has 1 aromatic rings. The molecule has 2 rings (SSSR count). The number of aromatic nitrogens is 1. The molecule has 1 heterocycles. The van der Waals surface area contributed by atoms with Crippen LogP contribution in [0.2, 0.25) is 0 Å². The van der Waals surface area contributed by atoms with Crippen LogP contribution >= 0.6 is 0 Å². The van der Waals surface area contributed by atoms with Crippen molar-refractivity contribution in [1.29, 1.82) is 0 Å². The molecule has 1 saturated carbocycles. The maximum atomic E-state index is 5.80. The second kappa shape index (κ2) is 7.84. The summed E-state index contributed by atoms with van der Waals surface area (Å²) in [5.41, 5.74) is -0.0116. The zero-order chi connectivity index (χ0) is 16.9. The molecule has 1 aliphatic carbocycles. The summed E-state index contributed by atoms with van der Waals surface area (Å²) in [6, 6.07) is 0. The molecule has 5 nitrogen and oxygen atoms in total. The summed E-state index contributed by atoms with van der Waals surface area (Å²) >= 11 is 0. The monoisotopic (exact) mass is 320 g/mol. The van der Waals surface area contributed by atoms with E-state index in [1.165, 1.54) is 25.7 Å². The zero-order valence-electron chi connectivity index (χ0n) is 15.3. The van der Waals surface area contributed by atoms with Crippen LogP contribution in [0.4, 0.5) is 0 Å². The average molecular weight is 320 g/mol. The molecular formula is C18H32N4O. The summed E-state index contributed by atoms with van der Waals surface area (Å²) in [5, 5.41) is 6.73. The molecule has 0 aromatic carbocycles. The first-order chi connectivity index (χ1) is 10.9. The summed E-state index contributed by atoms with van der Waals surface area (Å²) in [6.45, 7) is 10.3. The quantitative estimate of drug-likeness (QED) is 0.659. The van der Waals surface area contributed by atoms with Gasteiger partial charge in [-0.1, -0.05) is 47.0 Å². The first-order valence-corrected chi connectivity index (χ1v) is 8.80. The van der Waals surface area contributed by atoms with Crippen molar-refractivity contribution in [2.45, 2.75) is 65.3 Å². The molecule has 2 N–H and O–H groups in total. The van der Waals surface area contributed by atoms with Crippen LogP contribution in [0, 0.1) is 11.8 Å². The third-order valence-corrected chi connectivity index (χ3v) is 4.74. The van der Waals surface area contributed by atoms with Gasteiger partial charge in [0.1, 0.15) is 5.76 Å². The van der Waals surface area contributed by atoms with Gasteiger partial charge >= 0.3 is 0 Å². The summed E-state index contributed by atoms with van der Waals surface area (Å²) in [4.78, 5) is 8.63. The van der Waals surface area contributed by atoms with Gasteiger partial charge in [-0.15, -0.1) is 0 Å². The van der Waals surface area contributed by atoms with Crippen LogP contribution in [-0.4, -0.2) is 24.5 Å². The Balaban J connectivity index is 1.80. The van der Waals surface area contributed by atoms with Crippen molar-refractivity contribution in [2.75, 3.05) is 13.6 Å². The predicted molar refractivity (Wildman–Crippen MR) is 94.5 cm³/mol. The van der Waals surface area contributed by atoms with E-state index in [0.717, 1.165) is 30.1 Å². The molecule has 2 unspecified atom stereocenters. The van der Waals surface area contributed by atoms with E-state index in [1.54, 1.807) is 7.05 Å². The molecule has 130 valence electrons. The molecule has 0 saturated heterocycles. The predicted octanol–water partition coefficient (Wildman–Crippen LogP) is 3.46. The van der Waals surface area contributed by atoms with Gasteiger partial charge in [0.2, 0.25) is 5.89 Å². The number of guanidine groups is 1. The topological polar surface area (TPSA) is 62.5 Å². The number of nitrogens with zero attached hydrogens (tertiary/aromatic N) is 2. The molecule has 0 spiro atoms. The van der Waals surface area contributed by atoms with E-state index in [0.29, 0.717) is 12.4 Å². The van der Waals surface area contributed by atoms with Gasteiger partial charge in [0, 0.05) is 19.0 Å². The third kappa shape index (κ3) is 5.26. The minimum absolute atomic E-state index is 0.0116. The molecule has 1 aliphatic rings. The molecule has 0 bridgehead atoms. The maximum absolute atomic E-state index is 5.80. The van der Waals surface area contributed by atoms with Gasteiger partial charge in [-0.3, -0.25) is 4.99 Å². The van der Waals surface area contributed by atoms with Crippen molar-refractivity contribution < 1.29 is 4.42 Å². The Bertz CT molecular complexity index is 515. The van der Waals surface area contributed by atoms with Crippen LogP contribution in [-0.2, 0) is 12.0 Å². The van der Waals surface area contributed by atoms with E-state index < -0.39 is 0 Å². The highest BCUT2D eigenvalue weighted by Crippen LogP contribution is 2.28. The Morgan fingerprint density at radius 1 is 1.30 bits per heavy atom. The van der Waals surface area contributed by atoms with Crippen LogP contribution in [0.25, 0.3) is 0 Å². The fraction of sp³-hybridized carbons (Fsp3) is 0.778. The molecule has 0 aliphatic heterocycles. The van der Waals surface area contributed by atoms with Gasteiger partial charge < -0.3 is 15.1 Å². The van der Waals surface area contributed by atoms with Gasteiger partial charge in [0.15, 0.2) is 5.96 Å². The number of nitrogens with one attached hydrogen (secondary N) is 2. The van der Waals surface area contributed by atoms with Crippen molar-refractivity contribution in [2.24, 2.45) is 16.8 Å². The lowest BCUT2D eigenvalue weighted by Gasteiger charge is -2.29. The first kappa shape index (κ1) is 17.8. The van der Waals surface area contributed by atoms with Gasteiger partial charge in [0.05, 0.1) is 12.7 Å². The van der Waals surface area contributed by atoms with Crippen molar-refractivity contribution in [1.82, 2.24) is 15.6 Å². The minimum atomic E-state index is -0.0116. The number of oxazole rings is 1. The van der Waals surface area contributed by atoms with E-state index in [4.69, 9.17) is 4.42 Å². The second-order valence-corrected chi connectivity index (χ2v) is 7.70. The largest absolute Gasteiger partial charge is 0.443 e. The molecule has 0 radical (unpaired) electrons. The van der Waals surface area contributed by atoms with Crippen LogP contribution in [0.1, 0.15) is 65.0 Å². The van der Waals surface area contributed by atoms with Crippen LogP contribution in [0.3, 0.4) is 0 Å². The lowest BCUT2D eigenvalue weighted by atomic mass is 9.80. The van der Waals surface area contributed by atoms with Crippen molar-refractivity contribution >= 4 is 5.96 Å². The Kier molecular flexibility index (Phi) is 6.08. The van der Waals surface area contributed by atoms with E-state index in [2.05, 4.69) is 48.3 Å². The fourth-order valence-corrected chi connectivity index (χ4v) is 3.04. The molecule has 23 heavy (non-hydrogen) atoms. The third-order valence-electron chi connectivity index (χ3n) is 4.74. The van der Waals surface area contributed by atoms with Gasteiger partial charge in [-0.05, 0) is 18.3 Å². The summed E-state index contributed by atoms with van der Waals surface area (Å²) in [7, 11) is 1.80. The molecule has 1 aromatic heterocycles. The van der Waals surface area contributed by atoms with Gasteiger partial charge in [0.25, 0.3) is 0 Å². The highest BCUT2D eigenvalue weighted by atomic mass is 16.4. The second-order valence-electron chi connectivity index (χ2n) is 7.70. The first-order valence-electron chi connectivity index (χ1n) is 8.80. The zero-order valence-corrected chi connectivity index (χ0v) is 15.3. The number of aliphatic imine (C=N–C) groups is 1. The Labute approximate surface area is 140 Å². The van der Waals surface area contributed by atoms with Crippen LogP contribution < -0.4 is 10.6 Å². The highest BCUT2D eigenvalue weighted by molar-refractivity contribution is 5.79. The number of hydrogen-bond donors (Lipinski definition) is 2. The maximum Gasteiger partial charge on any atom is 0.213 e. The number of rotatable bonds is 4. The highest BCUT2D eigenvalue weighted by Gasteiger charge is 2.21. The summed E-state index contributed by atoms with van der Waals surface area (Å²) in [5.74, 6) is 3.97. The summed E-state index contributed by atoms with van der Waals surface area (Å²) < 4.78 is 5.80. The molecular weight excluding hydrogens is 288 g/mol. The van der Waals surface area contributed by atoms with Gasteiger partial charge in [-0.25, -0.2) is 4.98 Å². The van der Waals surface area contributed by atoms with Crippen LogP contribution in [0.5, 0.6) is 0 Å². The molecule has 1 fully saturated rings. The Morgan fingerprint density at radius 2 is 2.04 bits per heavy atom. The van der Waals surface area contributed by atoms with Crippen molar-refractivity contribution in [3.05, 3.63) is 17.8 Å². The van der Waals surface area contributed by atoms with E-state index in [-0.39, 0.29) is 5.41 Å². The van der Waals surface area contributed by atoms with Crippen molar-refractivity contribution in [3.63, 3.8) is 0 Å². The lowest BCUT2D eigenvalue weighted by molar-refractivity contribution is 0.256. The Hall–Kier alpha value is -1.52. The minimum Gasteiger partial charge on any atom is -0.443 e. The van der Waals surface area contributed by atoms with Gasteiger partial charge in [-0.2, -0.15) is 0 Å². The standard InChI is InChI=1S/C18H32N4O/c1-13-8-6-7-9-14(13)10-21-17(19-5)22-12-16-20-11-15(23-16)18(2,3)4/h11,13-14H,6-10,12H2,1-5H3,(H2,19,21,22). The Morgan fingerprint density at radius 3 is 2.65 bits per heavy atom. The summed E-state index contributed by atoms with van der Waals surface area (Å²) in [6.07, 6.45) is 7.22. The SMILES string of the molecule is CN=C(NCc1ncc(C(C)(C)C)o1)NCC1CCCCC1C. The lowest BCUT2D eigenvalue weighted by Crippen LogP contribution is -2.41. The average Bonchev–Trinajstić information content (AvgIpc) is 2.98. The van der Waals surface area contributed by atoms with E-state index in [1.807, 2.05) is 6.20 Å². The molecule has 0 amide bonds. The smallest absolute Gasteiger partial charge is 0.213 e. The normalized spacial score (nSPS) is 22.9. The van der Waals surface area contributed by atoms with Crippen LogP contribution in [0.15, 0.2) is 15.6 Å². The van der Waals surface area contributed by atoms with E-state index >= 15 is 0 Å². The number of hydrogen-bond acceptors (Lipinski definition) is 3. The van der Waals surface area contributed by atoms with E-state index in [9.17, 15) is 0 Å². The molecule has 5 heteroatoms.